The van der Waals surface area contributed by atoms with E-state index in [9.17, 15) is 24.6 Å². The van der Waals surface area contributed by atoms with Gasteiger partial charge in [-0.2, -0.15) is 0 Å². The van der Waals surface area contributed by atoms with Gasteiger partial charge >= 0.3 is 0 Å². The maximum absolute atomic E-state index is 14.1. The molecule has 3 amide bonds. The molecule has 4 N–H and O–H groups in total. The molecule has 286 valence electrons. The van der Waals surface area contributed by atoms with Crippen molar-refractivity contribution in [1.29, 1.82) is 0 Å². The van der Waals surface area contributed by atoms with Crippen LogP contribution < -0.4 is 10.6 Å². The molecule has 0 spiro atoms. The molecular weight excluding hydrogens is 642 g/mol. The van der Waals surface area contributed by atoms with Crippen LogP contribution in [0.4, 0.5) is 0 Å². The monoisotopic (exact) mass is 710 g/mol. The van der Waals surface area contributed by atoms with Gasteiger partial charge in [-0.1, -0.05) is 81.9 Å². The molecule has 1 aromatic rings. The van der Waals surface area contributed by atoms with Crippen molar-refractivity contribution in [2.75, 3.05) is 40.3 Å². The first-order chi connectivity index (χ1) is 24.3. The summed E-state index contributed by atoms with van der Waals surface area (Å²) in [6.45, 7) is 13.4. The number of aliphatic hydroxyl groups is 2. The largest absolute Gasteiger partial charge is 0.390 e. The molecule has 2 heterocycles. The van der Waals surface area contributed by atoms with E-state index in [0.717, 1.165) is 56.5 Å². The zero-order valence-electron chi connectivity index (χ0n) is 32.1. The number of likely N-dealkylation sites (N-methyl/N-ethyl adjacent to an activating group) is 2. The summed E-state index contributed by atoms with van der Waals surface area (Å²) in [4.78, 5) is 48.5. The lowest BCUT2D eigenvalue weighted by Gasteiger charge is -2.40. The number of benzene rings is 1. The summed E-state index contributed by atoms with van der Waals surface area (Å²) in [5.41, 5.74) is 1.67. The smallest absolute Gasteiger partial charge is 0.243 e. The maximum Gasteiger partial charge on any atom is 0.243 e. The van der Waals surface area contributed by atoms with E-state index in [4.69, 9.17) is 0 Å². The summed E-state index contributed by atoms with van der Waals surface area (Å²) < 4.78 is 0. The zero-order valence-corrected chi connectivity index (χ0v) is 32.1. The molecule has 2 saturated heterocycles. The topological polar surface area (TPSA) is 125 Å². The van der Waals surface area contributed by atoms with Gasteiger partial charge in [-0.05, 0) is 69.9 Å². The molecule has 0 radical (unpaired) electrons. The number of rotatable bonds is 19. The molecule has 1 aliphatic carbocycles. The molecule has 3 aliphatic rings. The van der Waals surface area contributed by atoms with Crippen molar-refractivity contribution in [2.45, 2.75) is 134 Å². The quantitative estimate of drug-likeness (QED) is 0.159. The number of likely N-dealkylation sites (tertiary alicyclic amines) is 1. The van der Waals surface area contributed by atoms with Gasteiger partial charge in [-0.15, -0.1) is 6.58 Å². The van der Waals surface area contributed by atoms with Gasteiger partial charge in [0.1, 0.15) is 12.1 Å². The van der Waals surface area contributed by atoms with E-state index in [2.05, 4.69) is 34.1 Å². The number of piperazine rings is 1. The molecule has 2 aliphatic heterocycles. The van der Waals surface area contributed by atoms with Crippen LogP contribution in [0.5, 0.6) is 0 Å². The zero-order chi connectivity index (χ0) is 37.1. The van der Waals surface area contributed by atoms with Crippen LogP contribution in [-0.4, -0.2) is 119 Å². The third-order valence-electron chi connectivity index (χ3n) is 11.4. The second-order valence-electron chi connectivity index (χ2n) is 16.5. The van der Waals surface area contributed by atoms with Crippen LogP contribution in [0.15, 0.2) is 42.5 Å². The van der Waals surface area contributed by atoms with E-state index >= 15 is 0 Å². The molecule has 1 aromatic carbocycles. The number of nitrogens with zero attached hydrogens (tertiary/aromatic N) is 3. The Kier molecular flexibility index (Phi) is 16.0. The Bertz CT molecular complexity index is 1260. The molecule has 51 heavy (non-hydrogen) atoms. The van der Waals surface area contributed by atoms with Gasteiger partial charge in [0.25, 0.3) is 0 Å². The number of hydrogen-bond donors (Lipinski definition) is 4. The van der Waals surface area contributed by atoms with Gasteiger partial charge < -0.3 is 30.6 Å². The Balaban J connectivity index is 1.45. The summed E-state index contributed by atoms with van der Waals surface area (Å²) in [6, 6.07) is 9.16. The van der Waals surface area contributed by atoms with Gasteiger partial charge in [-0.3, -0.25) is 19.3 Å². The van der Waals surface area contributed by atoms with Crippen LogP contribution in [0.25, 0.3) is 0 Å². The van der Waals surface area contributed by atoms with Gasteiger partial charge in [0.15, 0.2) is 0 Å². The minimum absolute atomic E-state index is 0.0264. The number of aliphatic hydroxyl groups excluding tert-OH is 2. The average molecular weight is 710 g/mol. The van der Waals surface area contributed by atoms with Crippen molar-refractivity contribution in [1.82, 2.24) is 25.3 Å². The number of amides is 3. The lowest BCUT2D eigenvalue weighted by Crippen LogP contribution is -2.56. The molecule has 0 aromatic heterocycles. The first kappa shape index (κ1) is 41.0. The van der Waals surface area contributed by atoms with Crippen LogP contribution >= 0.6 is 0 Å². The number of carbonyl (C=O) groups is 3. The average Bonchev–Trinajstić information content (AvgIpc) is 3.33. The summed E-state index contributed by atoms with van der Waals surface area (Å²) >= 11 is 0. The Hall–Kier alpha value is -2.79. The standard InChI is InChI=1S/C41H67N5O5/c1-28(2)21-36(41(51)42-35(24-31-15-11-8-12-16-31)39(49)37(47)22-29(3)4)43-40(50)32(23-30-13-9-7-10-14-30)25-38(48)45(6)19-20-46-33-17-18-34(46)27-44(5)26-33/h7,9-10,13-14,29,31-37,39,47,49H,1,8,11-12,15-27H2,2-6H3,(H,42,51)(H,43,50)/t32-,33?,34?,35?,36+,37+,39?/m1/s1. The van der Waals surface area contributed by atoms with Gasteiger partial charge in [0.2, 0.25) is 17.7 Å². The second-order valence-corrected chi connectivity index (χ2v) is 16.5. The predicted octanol–water partition coefficient (Wildman–Crippen LogP) is 4.15. The van der Waals surface area contributed by atoms with Crippen molar-refractivity contribution in [3.05, 3.63) is 48.0 Å². The molecule has 3 fully saturated rings. The molecule has 7 atom stereocenters. The van der Waals surface area contributed by atoms with Crippen molar-refractivity contribution in [3.63, 3.8) is 0 Å². The van der Waals surface area contributed by atoms with Crippen molar-refractivity contribution < 1.29 is 24.6 Å². The molecule has 4 rings (SSSR count). The molecule has 4 unspecified atom stereocenters. The minimum atomic E-state index is -1.13. The van der Waals surface area contributed by atoms with Crippen molar-refractivity contribution in [3.8, 4) is 0 Å². The first-order valence-corrected chi connectivity index (χ1v) is 19.6. The van der Waals surface area contributed by atoms with Crippen molar-refractivity contribution in [2.24, 2.45) is 17.8 Å². The van der Waals surface area contributed by atoms with E-state index in [1.54, 1.807) is 4.90 Å². The molecule has 10 nitrogen and oxygen atoms in total. The van der Waals surface area contributed by atoms with Gasteiger partial charge in [0.05, 0.1) is 18.1 Å². The summed E-state index contributed by atoms with van der Waals surface area (Å²) in [6.07, 6.45) is 7.40. The van der Waals surface area contributed by atoms with E-state index < -0.39 is 36.1 Å². The second kappa shape index (κ2) is 19.9. The van der Waals surface area contributed by atoms with Crippen LogP contribution in [0.1, 0.15) is 97.0 Å². The van der Waals surface area contributed by atoms with E-state index in [0.29, 0.717) is 43.8 Å². The summed E-state index contributed by atoms with van der Waals surface area (Å²) in [5.74, 6) is -1.01. The normalized spacial score (nSPS) is 22.9. The Morgan fingerprint density at radius 2 is 1.59 bits per heavy atom. The Morgan fingerprint density at radius 1 is 0.941 bits per heavy atom. The van der Waals surface area contributed by atoms with Crippen LogP contribution in [0.3, 0.4) is 0 Å². The van der Waals surface area contributed by atoms with Gasteiger partial charge in [-0.25, -0.2) is 0 Å². The third-order valence-corrected chi connectivity index (χ3v) is 11.4. The maximum atomic E-state index is 14.1. The fourth-order valence-corrected chi connectivity index (χ4v) is 8.57. The predicted molar refractivity (Wildman–Crippen MR) is 203 cm³/mol. The van der Waals surface area contributed by atoms with Crippen LogP contribution in [0, 0.1) is 17.8 Å². The highest BCUT2D eigenvalue weighted by molar-refractivity contribution is 5.91. The highest BCUT2D eigenvalue weighted by Gasteiger charge is 2.39. The Morgan fingerprint density at radius 3 is 2.20 bits per heavy atom. The molecule has 1 saturated carbocycles. The van der Waals surface area contributed by atoms with Crippen LogP contribution in [-0.2, 0) is 20.8 Å². The first-order valence-electron chi connectivity index (χ1n) is 19.6. The summed E-state index contributed by atoms with van der Waals surface area (Å²) in [7, 11) is 4.00. The third kappa shape index (κ3) is 12.7. The summed E-state index contributed by atoms with van der Waals surface area (Å²) in [5, 5.41) is 28.2. The highest BCUT2D eigenvalue weighted by Crippen LogP contribution is 2.30. The van der Waals surface area contributed by atoms with Crippen LogP contribution in [0.2, 0.25) is 0 Å². The number of nitrogens with one attached hydrogen (secondary N) is 2. The lowest BCUT2D eigenvalue weighted by atomic mass is 9.82. The Labute approximate surface area is 307 Å². The number of hydrogen-bond acceptors (Lipinski definition) is 7. The van der Waals surface area contributed by atoms with E-state index in [1.165, 1.54) is 19.3 Å². The number of fused-ring (bicyclic) bond motifs is 2. The fourth-order valence-electron chi connectivity index (χ4n) is 8.57. The fraction of sp³-hybridized carbons (Fsp3) is 0.732. The van der Waals surface area contributed by atoms with E-state index in [1.807, 2.05) is 58.2 Å². The van der Waals surface area contributed by atoms with E-state index in [-0.39, 0.29) is 30.6 Å². The molecule has 2 bridgehead atoms. The van der Waals surface area contributed by atoms with Crippen molar-refractivity contribution >= 4 is 17.7 Å². The number of carbonyl (C=O) groups excluding carboxylic acids is 3. The lowest BCUT2D eigenvalue weighted by molar-refractivity contribution is -0.137. The molecule has 10 heteroatoms. The highest BCUT2D eigenvalue weighted by atomic mass is 16.3. The molecular formula is C41H67N5O5. The van der Waals surface area contributed by atoms with Gasteiger partial charge in [0, 0.05) is 51.7 Å². The minimum Gasteiger partial charge on any atom is -0.390 e. The SMILES string of the molecule is C=C(C)C[C@H](NC(=O)[C@@H](CC(=O)N(C)CCN1C2CCC1CN(C)C2)Cc1ccccc1)C(=O)NC(CC1CCCCC1)C(O)[C@@H](O)CC(C)C.